The van der Waals surface area contributed by atoms with E-state index in [2.05, 4.69) is 11.9 Å². The van der Waals surface area contributed by atoms with E-state index in [9.17, 15) is 4.79 Å². The Morgan fingerprint density at radius 2 is 1.89 bits per heavy atom. The maximum Gasteiger partial charge on any atom is 0.223 e. The van der Waals surface area contributed by atoms with Gasteiger partial charge in [0.05, 0.1) is 13.7 Å². The molecule has 0 unspecified atom stereocenters. The van der Waals surface area contributed by atoms with Crippen LogP contribution in [0.5, 0.6) is 5.75 Å². The van der Waals surface area contributed by atoms with E-state index >= 15 is 0 Å². The standard InChI is InChI=1S/C15H25NO3/c1-3-4-5-6-7-8-9-19-12-13-10-14(17)15(18-2)11-16-13/h10-11H,3-9,12H2,1-2H3,(H,16,17). The van der Waals surface area contributed by atoms with Crippen LogP contribution >= 0.6 is 0 Å². The summed E-state index contributed by atoms with van der Waals surface area (Å²) in [6.07, 6.45) is 9.10. The van der Waals surface area contributed by atoms with Gasteiger partial charge in [-0.15, -0.1) is 0 Å². The second kappa shape index (κ2) is 9.62. The molecule has 19 heavy (non-hydrogen) atoms. The minimum absolute atomic E-state index is 0.112. The third-order valence-electron chi connectivity index (χ3n) is 3.06. The van der Waals surface area contributed by atoms with Gasteiger partial charge in [-0.1, -0.05) is 39.0 Å². The van der Waals surface area contributed by atoms with Crippen molar-refractivity contribution in [2.75, 3.05) is 13.7 Å². The maximum absolute atomic E-state index is 11.5. The van der Waals surface area contributed by atoms with Crippen LogP contribution in [0.25, 0.3) is 0 Å². The molecule has 0 aliphatic rings. The van der Waals surface area contributed by atoms with Crippen LogP contribution in [0.15, 0.2) is 17.1 Å². The zero-order valence-electron chi connectivity index (χ0n) is 12.0. The molecule has 0 bridgehead atoms. The fourth-order valence-electron chi connectivity index (χ4n) is 1.91. The first kappa shape index (κ1) is 15.8. The first-order chi connectivity index (χ1) is 9.27. The number of nitrogens with one attached hydrogen (secondary N) is 1. The highest BCUT2D eigenvalue weighted by atomic mass is 16.5. The Morgan fingerprint density at radius 1 is 1.16 bits per heavy atom. The van der Waals surface area contributed by atoms with Gasteiger partial charge in [0.25, 0.3) is 0 Å². The van der Waals surface area contributed by atoms with Crippen molar-refractivity contribution in [2.45, 2.75) is 52.1 Å². The first-order valence-electron chi connectivity index (χ1n) is 7.11. The molecule has 0 fully saturated rings. The molecule has 0 aromatic carbocycles. The summed E-state index contributed by atoms with van der Waals surface area (Å²) < 4.78 is 10.4. The van der Waals surface area contributed by atoms with E-state index in [1.807, 2.05) is 0 Å². The zero-order valence-corrected chi connectivity index (χ0v) is 12.0. The van der Waals surface area contributed by atoms with Gasteiger partial charge in [-0.3, -0.25) is 4.79 Å². The van der Waals surface area contributed by atoms with Crippen LogP contribution in [0.4, 0.5) is 0 Å². The van der Waals surface area contributed by atoms with Crippen molar-refractivity contribution in [1.82, 2.24) is 4.98 Å². The van der Waals surface area contributed by atoms with Crippen molar-refractivity contribution >= 4 is 0 Å². The SMILES string of the molecule is CCCCCCCCOCc1cc(=O)c(OC)c[nH]1. The molecule has 0 aliphatic heterocycles. The third kappa shape index (κ3) is 6.43. The van der Waals surface area contributed by atoms with Crippen molar-refractivity contribution < 1.29 is 9.47 Å². The topological polar surface area (TPSA) is 51.3 Å². The average Bonchev–Trinajstić information content (AvgIpc) is 2.42. The largest absolute Gasteiger partial charge is 0.491 e. The molecular weight excluding hydrogens is 242 g/mol. The summed E-state index contributed by atoms with van der Waals surface area (Å²) in [5.41, 5.74) is 0.677. The number of hydrogen-bond donors (Lipinski definition) is 1. The normalized spacial score (nSPS) is 10.6. The predicted molar refractivity (Wildman–Crippen MR) is 76.6 cm³/mol. The molecule has 0 saturated carbocycles. The summed E-state index contributed by atoms with van der Waals surface area (Å²) in [6.45, 7) is 3.42. The van der Waals surface area contributed by atoms with Crippen molar-refractivity contribution in [3.05, 3.63) is 28.2 Å². The van der Waals surface area contributed by atoms with Crippen LogP contribution < -0.4 is 10.2 Å². The number of aromatic nitrogens is 1. The zero-order chi connectivity index (χ0) is 13.9. The highest BCUT2D eigenvalue weighted by Gasteiger charge is 2.00. The summed E-state index contributed by atoms with van der Waals surface area (Å²) in [7, 11) is 1.49. The van der Waals surface area contributed by atoms with Gasteiger partial charge in [0.1, 0.15) is 0 Å². The molecule has 0 saturated heterocycles. The number of methoxy groups -OCH3 is 1. The van der Waals surface area contributed by atoms with E-state index in [-0.39, 0.29) is 5.43 Å². The van der Waals surface area contributed by atoms with Gasteiger partial charge in [-0.2, -0.15) is 0 Å². The molecule has 4 nitrogen and oxygen atoms in total. The van der Waals surface area contributed by atoms with Crippen LogP contribution in [0.1, 0.15) is 51.1 Å². The van der Waals surface area contributed by atoms with E-state index in [0.717, 1.165) is 18.7 Å². The van der Waals surface area contributed by atoms with Crippen molar-refractivity contribution in [2.24, 2.45) is 0 Å². The van der Waals surface area contributed by atoms with Crippen molar-refractivity contribution in [3.63, 3.8) is 0 Å². The average molecular weight is 267 g/mol. The molecule has 0 radical (unpaired) electrons. The van der Waals surface area contributed by atoms with E-state index in [4.69, 9.17) is 9.47 Å². The lowest BCUT2D eigenvalue weighted by molar-refractivity contribution is 0.114. The molecular formula is C15H25NO3. The first-order valence-corrected chi connectivity index (χ1v) is 7.11. The summed E-state index contributed by atoms with van der Waals surface area (Å²) in [5, 5.41) is 0. The van der Waals surface area contributed by atoms with Gasteiger partial charge in [-0.25, -0.2) is 0 Å². The van der Waals surface area contributed by atoms with Gasteiger partial charge in [-0.05, 0) is 6.42 Å². The number of unbranched alkanes of at least 4 members (excludes halogenated alkanes) is 5. The fraction of sp³-hybridized carbons (Fsp3) is 0.667. The molecule has 1 rings (SSSR count). The number of H-pyrrole nitrogens is 1. The number of rotatable bonds is 10. The lowest BCUT2D eigenvalue weighted by Gasteiger charge is -2.05. The second-order valence-corrected chi connectivity index (χ2v) is 4.71. The maximum atomic E-state index is 11.5. The lowest BCUT2D eigenvalue weighted by Crippen LogP contribution is -2.08. The number of pyridine rings is 1. The Kier molecular flexibility index (Phi) is 7.98. The fourth-order valence-corrected chi connectivity index (χ4v) is 1.91. The Labute approximate surface area is 115 Å². The number of hydrogen-bond acceptors (Lipinski definition) is 3. The monoisotopic (exact) mass is 267 g/mol. The minimum Gasteiger partial charge on any atom is -0.491 e. The summed E-state index contributed by atoms with van der Waals surface area (Å²) >= 11 is 0. The van der Waals surface area contributed by atoms with Crippen LogP contribution in [0, 0.1) is 0 Å². The van der Waals surface area contributed by atoms with Crippen molar-refractivity contribution in [3.8, 4) is 5.75 Å². The predicted octanol–water partition coefficient (Wildman–Crippen LogP) is 3.26. The Hall–Kier alpha value is -1.29. The molecule has 108 valence electrons. The van der Waals surface area contributed by atoms with Gasteiger partial charge < -0.3 is 14.5 Å². The Morgan fingerprint density at radius 3 is 2.58 bits per heavy atom. The highest BCUT2D eigenvalue weighted by Crippen LogP contribution is 2.06. The smallest absolute Gasteiger partial charge is 0.223 e. The Bertz CT molecular complexity index is 401. The highest BCUT2D eigenvalue weighted by molar-refractivity contribution is 5.19. The van der Waals surface area contributed by atoms with E-state index < -0.39 is 0 Å². The third-order valence-corrected chi connectivity index (χ3v) is 3.06. The van der Waals surface area contributed by atoms with Gasteiger partial charge >= 0.3 is 0 Å². The second-order valence-electron chi connectivity index (χ2n) is 4.71. The summed E-state index contributed by atoms with van der Waals surface area (Å²) in [6, 6.07) is 1.53. The molecule has 0 spiro atoms. The summed E-state index contributed by atoms with van der Waals surface area (Å²) in [4.78, 5) is 14.5. The van der Waals surface area contributed by atoms with Gasteiger partial charge in [0.15, 0.2) is 5.75 Å². The molecule has 0 atom stereocenters. The number of ether oxygens (including phenoxy) is 2. The molecule has 1 aromatic heterocycles. The quantitative estimate of drug-likeness (QED) is 0.662. The van der Waals surface area contributed by atoms with Crippen LogP contribution in [-0.2, 0) is 11.3 Å². The molecule has 1 aromatic rings. The van der Waals surface area contributed by atoms with E-state index in [1.165, 1.54) is 45.3 Å². The van der Waals surface area contributed by atoms with E-state index in [0.29, 0.717) is 12.4 Å². The van der Waals surface area contributed by atoms with Gasteiger partial charge in [0.2, 0.25) is 5.43 Å². The van der Waals surface area contributed by atoms with Crippen LogP contribution in [-0.4, -0.2) is 18.7 Å². The Balaban J connectivity index is 2.12. The summed E-state index contributed by atoms with van der Waals surface area (Å²) in [5.74, 6) is 0.333. The molecule has 1 N–H and O–H groups in total. The van der Waals surface area contributed by atoms with E-state index in [1.54, 1.807) is 6.20 Å². The minimum atomic E-state index is -0.112. The molecule has 0 aliphatic carbocycles. The number of aromatic amines is 1. The lowest BCUT2D eigenvalue weighted by atomic mass is 10.1. The van der Waals surface area contributed by atoms with Crippen molar-refractivity contribution in [1.29, 1.82) is 0 Å². The molecule has 4 heteroatoms. The van der Waals surface area contributed by atoms with Crippen LogP contribution in [0.2, 0.25) is 0 Å². The molecule has 0 amide bonds. The van der Waals surface area contributed by atoms with Gasteiger partial charge in [0, 0.05) is 24.6 Å². The molecule has 1 heterocycles. The van der Waals surface area contributed by atoms with Crippen LogP contribution in [0.3, 0.4) is 0 Å².